The molecule has 0 saturated carbocycles. The van der Waals surface area contributed by atoms with Crippen LogP contribution in [0.5, 0.6) is 0 Å². The first-order valence-corrected chi connectivity index (χ1v) is 6.22. The Hall–Kier alpha value is -1.74. The number of aryl methyl sites for hydroxylation is 1. The molecule has 0 radical (unpaired) electrons. The summed E-state index contributed by atoms with van der Waals surface area (Å²) in [7, 11) is 0. The molecule has 3 heteroatoms. The maximum absolute atomic E-state index is 6.03. The maximum Gasteiger partial charge on any atom is 0.145 e. The molecule has 2 aromatic rings. The Morgan fingerprint density at radius 2 is 1.72 bits per heavy atom. The first kappa shape index (κ1) is 12.7. The van der Waals surface area contributed by atoms with Gasteiger partial charge < -0.3 is 5.73 Å². The zero-order chi connectivity index (χ0) is 13.1. The average Bonchev–Trinajstić information content (AvgIpc) is 2.38. The van der Waals surface area contributed by atoms with E-state index in [9.17, 15) is 0 Å². The molecule has 94 valence electrons. The van der Waals surface area contributed by atoms with Gasteiger partial charge in [0.05, 0.1) is 6.04 Å². The highest BCUT2D eigenvalue weighted by molar-refractivity contribution is 5.62. The molecule has 0 aliphatic heterocycles. The highest BCUT2D eigenvalue weighted by atomic mass is 14.9. The van der Waals surface area contributed by atoms with Crippen LogP contribution in [0.1, 0.15) is 31.3 Å². The monoisotopic (exact) mass is 241 g/mol. The SMILES string of the molecule is Cc1cccc(-c2cnc(C(N)C(C)C)nc2)c1. The number of nitrogens with zero attached hydrogens (tertiary/aromatic N) is 2. The number of benzene rings is 1. The Bertz CT molecular complexity index is 518. The number of rotatable bonds is 3. The summed E-state index contributed by atoms with van der Waals surface area (Å²) in [6, 6.07) is 8.21. The fourth-order valence-corrected chi connectivity index (χ4v) is 1.78. The van der Waals surface area contributed by atoms with E-state index in [1.54, 1.807) is 0 Å². The molecule has 0 amide bonds. The molecule has 1 atom stereocenters. The normalized spacial score (nSPS) is 12.7. The number of hydrogen-bond acceptors (Lipinski definition) is 3. The van der Waals surface area contributed by atoms with Crippen LogP contribution in [0.4, 0.5) is 0 Å². The first-order valence-electron chi connectivity index (χ1n) is 6.22. The van der Waals surface area contributed by atoms with Gasteiger partial charge in [-0.05, 0) is 18.4 Å². The summed E-state index contributed by atoms with van der Waals surface area (Å²) in [6.07, 6.45) is 3.69. The van der Waals surface area contributed by atoms with Crippen LogP contribution in [0.15, 0.2) is 36.7 Å². The maximum atomic E-state index is 6.03. The minimum Gasteiger partial charge on any atom is -0.321 e. The van der Waals surface area contributed by atoms with Crippen molar-refractivity contribution < 1.29 is 0 Å². The van der Waals surface area contributed by atoms with Crippen LogP contribution < -0.4 is 5.73 Å². The van der Waals surface area contributed by atoms with Gasteiger partial charge in [-0.15, -0.1) is 0 Å². The summed E-state index contributed by atoms with van der Waals surface area (Å²) in [4.78, 5) is 8.74. The van der Waals surface area contributed by atoms with Gasteiger partial charge in [-0.1, -0.05) is 43.7 Å². The summed E-state index contributed by atoms with van der Waals surface area (Å²) in [6.45, 7) is 6.22. The van der Waals surface area contributed by atoms with E-state index in [0.717, 1.165) is 11.1 Å². The Morgan fingerprint density at radius 3 is 2.28 bits per heavy atom. The molecule has 1 aromatic carbocycles. The van der Waals surface area contributed by atoms with E-state index in [2.05, 4.69) is 48.9 Å². The molecule has 0 bridgehead atoms. The topological polar surface area (TPSA) is 51.8 Å². The van der Waals surface area contributed by atoms with E-state index in [-0.39, 0.29) is 6.04 Å². The van der Waals surface area contributed by atoms with Gasteiger partial charge in [-0.25, -0.2) is 9.97 Å². The van der Waals surface area contributed by atoms with E-state index < -0.39 is 0 Å². The second-order valence-electron chi connectivity index (χ2n) is 4.97. The summed E-state index contributed by atoms with van der Waals surface area (Å²) < 4.78 is 0. The van der Waals surface area contributed by atoms with Gasteiger partial charge in [0.1, 0.15) is 5.82 Å². The predicted octanol–water partition coefficient (Wildman–Crippen LogP) is 3.11. The van der Waals surface area contributed by atoms with Gasteiger partial charge in [0.2, 0.25) is 0 Å². The van der Waals surface area contributed by atoms with Crippen molar-refractivity contribution in [3.63, 3.8) is 0 Å². The van der Waals surface area contributed by atoms with Gasteiger partial charge in [-0.2, -0.15) is 0 Å². The standard InChI is InChI=1S/C15H19N3/c1-10(2)14(16)15-17-8-13(9-18-15)12-6-4-5-11(3)7-12/h4-10,14H,16H2,1-3H3. The quantitative estimate of drug-likeness (QED) is 0.898. The molecule has 1 aromatic heterocycles. The molecule has 0 fully saturated rings. The Labute approximate surface area is 108 Å². The lowest BCUT2D eigenvalue weighted by Crippen LogP contribution is -2.19. The zero-order valence-electron chi connectivity index (χ0n) is 11.1. The zero-order valence-corrected chi connectivity index (χ0v) is 11.1. The third kappa shape index (κ3) is 2.74. The first-order chi connectivity index (χ1) is 8.58. The van der Waals surface area contributed by atoms with Gasteiger partial charge >= 0.3 is 0 Å². The van der Waals surface area contributed by atoms with Crippen LogP contribution in [0.3, 0.4) is 0 Å². The highest BCUT2D eigenvalue weighted by Gasteiger charge is 2.13. The highest BCUT2D eigenvalue weighted by Crippen LogP contribution is 2.20. The van der Waals surface area contributed by atoms with E-state index >= 15 is 0 Å². The molecule has 18 heavy (non-hydrogen) atoms. The van der Waals surface area contributed by atoms with Crippen molar-refractivity contribution in [1.82, 2.24) is 9.97 Å². The third-order valence-electron chi connectivity index (χ3n) is 3.04. The molecule has 1 heterocycles. The number of nitrogens with two attached hydrogens (primary N) is 1. The molecule has 1 unspecified atom stereocenters. The second-order valence-corrected chi connectivity index (χ2v) is 4.97. The van der Waals surface area contributed by atoms with E-state index in [0.29, 0.717) is 11.7 Å². The Morgan fingerprint density at radius 1 is 1.06 bits per heavy atom. The van der Waals surface area contributed by atoms with Crippen LogP contribution in [0.2, 0.25) is 0 Å². The largest absolute Gasteiger partial charge is 0.321 e. The molecule has 0 saturated heterocycles. The van der Waals surface area contributed by atoms with Gasteiger partial charge in [0, 0.05) is 18.0 Å². The van der Waals surface area contributed by atoms with Gasteiger partial charge in [0.15, 0.2) is 0 Å². The van der Waals surface area contributed by atoms with E-state index in [1.807, 2.05) is 18.5 Å². The van der Waals surface area contributed by atoms with Crippen molar-refractivity contribution in [3.8, 4) is 11.1 Å². The average molecular weight is 241 g/mol. The number of aromatic nitrogens is 2. The second kappa shape index (κ2) is 5.27. The van der Waals surface area contributed by atoms with E-state index in [1.165, 1.54) is 5.56 Å². The molecule has 0 aliphatic rings. The van der Waals surface area contributed by atoms with Gasteiger partial charge in [0.25, 0.3) is 0 Å². The lowest BCUT2D eigenvalue weighted by atomic mass is 10.0. The van der Waals surface area contributed by atoms with Crippen LogP contribution in [-0.4, -0.2) is 9.97 Å². The molecular weight excluding hydrogens is 222 g/mol. The van der Waals surface area contributed by atoms with Crippen molar-refractivity contribution in [1.29, 1.82) is 0 Å². The molecule has 0 aliphatic carbocycles. The van der Waals surface area contributed by atoms with E-state index in [4.69, 9.17) is 5.73 Å². The van der Waals surface area contributed by atoms with Crippen LogP contribution in [0.25, 0.3) is 11.1 Å². The van der Waals surface area contributed by atoms with Crippen LogP contribution in [0, 0.1) is 12.8 Å². The minimum absolute atomic E-state index is 0.100. The van der Waals surface area contributed by atoms with Crippen LogP contribution >= 0.6 is 0 Å². The molecule has 2 rings (SSSR count). The Balaban J connectivity index is 2.28. The third-order valence-corrected chi connectivity index (χ3v) is 3.04. The summed E-state index contributed by atoms with van der Waals surface area (Å²) in [5.74, 6) is 1.05. The minimum atomic E-state index is -0.100. The molecule has 0 spiro atoms. The summed E-state index contributed by atoms with van der Waals surface area (Å²) in [5.41, 5.74) is 9.42. The summed E-state index contributed by atoms with van der Waals surface area (Å²) >= 11 is 0. The molecular formula is C15H19N3. The molecule has 2 N–H and O–H groups in total. The molecule has 3 nitrogen and oxygen atoms in total. The van der Waals surface area contributed by atoms with Crippen molar-refractivity contribution in [3.05, 3.63) is 48.0 Å². The van der Waals surface area contributed by atoms with Crippen molar-refractivity contribution in [2.45, 2.75) is 26.8 Å². The van der Waals surface area contributed by atoms with Crippen LogP contribution in [-0.2, 0) is 0 Å². The predicted molar refractivity (Wildman–Crippen MR) is 74.0 cm³/mol. The summed E-state index contributed by atoms with van der Waals surface area (Å²) in [5, 5.41) is 0. The van der Waals surface area contributed by atoms with Gasteiger partial charge in [-0.3, -0.25) is 0 Å². The fraction of sp³-hybridized carbons (Fsp3) is 0.333. The van der Waals surface area contributed by atoms with Crippen molar-refractivity contribution in [2.75, 3.05) is 0 Å². The smallest absolute Gasteiger partial charge is 0.145 e. The Kier molecular flexibility index (Phi) is 3.72. The fourth-order valence-electron chi connectivity index (χ4n) is 1.78. The lowest BCUT2D eigenvalue weighted by molar-refractivity contribution is 0.490. The van der Waals surface area contributed by atoms with Crippen molar-refractivity contribution in [2.24, 2.45) is 11.7 Å². The van der Waals surface area contributed by atoms with Crippen molar-refractivity contribution >= 4 is 0 Å². The lowest BCUT2D eigenvalue weighted by Gasteiger charge is -2.13. The number of hydrogen-bond donors (Lipinski definition) is 1.